The van der Waals surface area contributed by atoms with Crippen molar-refractivity contribution in [2.24, 2.45) is 5.92 Å². The van der Waals surface area contributed by atoms with Gasteiger partial charge in [0.15, 0.2) is 0 Å². The number of imide groups is 1. The highest BCUT2D eigenvalue weighted by Crippen LogP contribution is 2.45. The molecule has 1 saturated heterocycles. The van der Waals surface area contributed by atoms with E-state index in [0.29, 0.717) is 11.3 Å². The van der Waals surface area contributed by atoms with E-state index in [1.54, 1.807) is 38.1 Å². The maximum Gasteiger partial charge on any atom is 0.327 e. The van der Waals surface area contributed by atoms with Crippen LogP contribution in [0.4, 0.5) is 5.69 Å². The molecular weight excluding hydrogens is 388 g/mol. The fourth-order valence-electron chi connectivity index (χ4n) is 3.21. The molecule has 0 aromatic heterocycles. The van der Waals surface area contributed by atoms with Gasteiger partial charge in [-0.2, -0.15) is 0 Å². The zero-order valence-electron chi connectivity index (χ0n) is 14.8. The average Bonchev–Trinajstić information content (AvgIpc) is 3.01. The van der Waals surface area contributed by atoms with Crippen LogP contribution in [0.2, 0.25) is 0 Å². The van der Waals surface area contributed by atoms with Gasteiger partial charge in [-0.1, -0.05) is 56.0 Å². The topological polar surface area (TPSA) is 95.0 Å². The summed E-state index contributed by atoms with van der Waals surface area (Å²) in [5.41, 5.74) is 0.928. The summed E-state index contributed by atoms with van der Waals surface area (Å²) in [6, 6.07) is 5.53. The van der Waals surface area contributed by atoms with Crippen molar-refractivity contribution in [3.63, 3.8) is 0 Å². The van der Waals surface area contributed by atoms with Crippen molar-refractivity contribution in [3.8, 4) is 0 Å². The minimum atomic E-state index is -1.17. The minimum absolute atomic E-state index is 0.0492. The number of rotatable bonds is 3. The monoisotopic (exact) mass is 404 g/mol. The normalized spacial score (nSPS) is 20.5. The van der Waals surface area contributed by atoms with Gasteiger partial charge in [-0.15, -0.1) is 0 Å². The zero-order valence-corrected chi connectivity index (χ0v) is 16.4. The third-order valence-electron chi connectivity index (χ3n) is 4.33. The molecule has 2 heterocycles. The van der Waals surface area contributed by atoms with E-state index >= 15 is 0 Å². The van der Waals surface area contributed by atoms with Crippen LogP contribution in [0.1, 0.15) is 26.3 Å². The lowest BCUT2D eigenvalue weighted by atomic mass is 10.0. The number of carboxylic acid groups (broad SMARTS) is 1. The first-order valence-corrected chi connectivity index (χ1v) is 9.36. The number of carbonyl (C=O) groups is 4. The fourth-order valence-corrected chi connectivity index (χ4v) is 4.61. The lowest BCUT2D eigenvalue weighted by Crippen LogP contribution is -2.47. The van der Waals surface area contributed by atoms with Crippen molar-refractivity contribution < 1.29 is 24.3 Å². The van der Waals surface area contributed by atoms with Crippen molar-refractivity contribution in [1.82, 2.24) is 4.90 Å². The first-order valence-electron chi connectivity index (χ1n) is 8.13. The van der Waals surface area contributed by atoms with Gasteiger partial charge >= 0.3 is 5.97 Å². The number of anilines is 1. The molecule has 1 atom stereocenters. The van der Waals surface area contributed by atoms with Gasteiger partial charge in [0, 0.05) is 12.5 Å². The molecule has 3 rings (SSSR count). The van der Waals surface area contributed by atoms with Gasteiger partial charge < -0.3 is 5.11 Å². The van der Waals surface area contributed by atoms with Gasteiger partial charge in [0.05, 0.1) is 16.2 Å². The SMILES string of the molecule is CC(=O)N1C(=O)C(=C2SC(=S)N(C(C(=O)O)C(C)C)C2=O)c2ccccc21. The van der Waals surface area contributed by atoms with Gasteiger partial charge in [-0.25, -0.2) is 9.69 Å². The molecule has 2 aliphatic heterocycles. The molecule has 1 aromatic rings. The number of amides is 3. The number of thiocarbonyl (C=S) groups is 1. The highest BCUT2D eigenvalue weighted by Gasteiger charge is 2.47. The summed E-state index contributed by atoms with van der Waals surface area (Å²) in [6.07, 6.45) is 0. The second-order valence-electron chi connectivity index (χ2n) is 6.45. The summed E-state index contributed by atoms with van der Waals surface area (Å²) in [5.74, 6) is -3.26. The van der Waals surface area contributed by atoms with Crippen LogP contribution in [0.3, 0.4) is 0 Å². The van der Waals surface area contributed by atoms with Gasteiger partial charge in [-0.3, -0.25) is 19.3 Å². The van der Waals surface area contributed by atoms with E-state index in [9.17, 15) is 24.3 Å². The second kappa shape index (κ2) is 6.90. The van der Waals surface area contributed by atoms with Crippen molar-refractivity contribution in [1.29, 1.82) is 0 Å². The van der Waals surface area contributed by atoms with E-state index in [2.05, 4.69) is 0 Å². The molecule has 9 heteroatoms. The Bertz CT molecular complexity index is 937. The van der Waals surface area contributed by atoms with Crippen LogP contribution >= 0.6 is 24.0 Å². The first-order chi connectivity index (χ1) is 12.7. The molecule has 3 amide bonds. The molecule has 1 N–H and O–H groups in total. The second-order valence-corrected chi connectivity index (χ2v) is 8.10. The highest BCUT2D eigenvalue weighted by molar-refractivity contribution is 8.26. The van der Waals surface area contributed by atoms with Crippen LogP contribution in [0.15, 0.2) is 29.2 Å². The predicted octanol–water partition coefficient (Wildman–Crippen LogP) is 2.26. The first kappa shape index (κ1) is 19.2. The van der Waals surface area contributed by atoms with Gasteiger partial charge in [0.2, 0.25) is 5.91 Å². The quantitative estimate of drug-likeness (QED) is 0.610. The zero-order chi connectivity index (χ0) is 20.0. The molecule has 1 aromatic carbocycles. The molecule has 1 fully saturated rings. The number of hydrogen-bond donors (Lipinski definition) is 1. The maximum absolute atomic E-state index is 13.0. The summed E-state index contributed by atoms with van der Waals surface area (Å²) < 4.78 is 0.0788. The molecule has 140 valence electrons. The summed E-state index contributed by atoms with van der Waals surface area (Å²) >= 11 is 6.13. The van der Waals surface area contributed by atoms with Crippen molar-refractivity contribution in [2.75, 3.05) is 4.90 Å². The number of fused-ring (bicyclic) bond motifs is 1. The predicted molar refractivity (Wildman–Crippen MR) is 105 cm³/mol. The number of carbonyl (C=O) groups excluding carboxylic acids is 3. The molecule has 0 saturated carbocycles. The smallest absolute Gasteiger partial charge is 0.327 e. The number of benzene rings is 1. The van der Waals surface area contributed by atoms with E-state index < -0.39 is 29.7 Å². The van der Waals surface area contributed by atoms with Crippen molar-refractivity contribution in [3.05, 3.63) is 34.7 Å². The highest BCUT2D eigenvalue weighted by atomic mass is 32.2. The van der Waals surface area contributed by atoms with E-state index in [-0.39, 0.29) is 20.7 Å². The Morgan fingerprint density at radius 1 is 1.15 bits per heavy atom. The fraction of sp³-hybridized carbons (Fsp3) is 0.278. The lowest BCUT2D eigenvalue weighted by molar-refractivity contribution is -0.146. The van der Waals surface area contributed by atoms with Crippen molar-refractivity contribution in [2.45, 2.75) is 26.8 Å². The molecule has 27 heavy (non-hydrogen) atoms. The van der Waals surface area contributed by atoms with E-state index in [0.717, 1.165) is 21.6 Å². The number of hydrogen-bond acceptors (Lipinski definition) is 6. The molecule has 0 radical (unpaired) electrons. The molecule has 2 aliphatic rings. The van der Waals surface area contributed by atoms with E-state index in [1.165, 1.54) is 6.92 Å². The number of para-hydroxylation sites is 1. The van der Waals surface area contributed by atoms with Gasteiger partial charge in [0.25, 0.3) is 11.8 Å². The number of thioether (sulfide) groups is 1. The van der Waals surface area contributed by atoms with Crippen LogP contribution in [-0.4, -0.2) is 44.1 Å². The third-order valence-corrected chi connectivity index (χ3v) is 5.74. The van der Waals surface area contributed by atoms with Crippen LogP contribution in [0.25, 0.3) is 5.57 Å². The molecular formula is C18H16N2O5S2. The van der Waals surface area contributed by atoms with Crippen LogP contribution < -0.4 is 4.90 Å². The van der Waals surface area contributed by atoms with Gasteiger partial charge in [0.1, 0.15) is 10.4 Å². The Balaban J connectivity index is 2.16. The molecule has 0 aliphatic carbocycles. The Morgan fingerprint density at radius 2 is 1.78 bits per heavy atom. The number of nitrogens with zero attached hydrogens (tertiary/aromatic N) is 2. The lowest BCUT2D eigenvalue weighted by Gasteiger charge is -2.26. The molecule has 7 nitrogen and oxygen atoms in total. The van der Waals surface area contributed by atoms with E-state index in [4.69, 9.17) is 12.2 Å². The Kier molecular flexibility index (Phi) is 4.92. The molecule has 0 bridgehead atoms. The summed E-state index contributed by atoms with van der Waals surface area (Å²) in [7, 11) is 0. The van der Waals surface area contributed by atoms with Crippen molar-refractivity contribution >= 4 is 63.3 Å². The Hall–Kier alpha value is -2.52. The van der Waals surface area contributed by atoms with Gasteiger partial charge in [-0.05, 0) is 12.0 Å². The van der Waals surface area contributed by atoms with Crippen LogP contribution in [0, 0.1) is 5.92 Å². The summed E-state index contributed by atoms with van der Waals surface area (Å²) in [5, 5.41) is 9.52. The van der Waals surface area contributed by atoms with Crippen LogP contribution in [0.5, 0.6) is 0 Å². The number of carboxylic acids is 1. The Morgan fingerprint density at radius 3 is 2.33 bits per heavy atom. The summed E-state index contributed by atoms with van der Waals surface area (Å²) in [4.78, 5) is 51.6. The third kappa shape index (κ3) is 2.96. The standard InChI is InChI=1S/C18H16N2O5S2/c1-8(2)13(17(24)25)20-16(23)14(27-18(20)26)12-10-6-4-5-7-11(10)19(9(3)21)15(12)22/h4-8,13H,1-3H3,(H,24,25). The average molecular weight is 404 g/mol. The molecule has 1 unspecified atom stereocenters. The van der Waals surface area contributed by atoms with E-state index in [1.807, 2.05) is 0 Å². The largest absolute Gasteiger partial charge is 0.480 e. The summed E-state index contributed by atoms with van der Waals surface area (Å²) in [6.45, 7) is 4.62. The Labute approximate surface area is 165 Å². The molecule has 0 spiro atoms. The minimum Gasteiger partial charge on any atom is -0.480 e. The van der Waals surface area contributed by atoms with Crippen LogP contribution in [-0.2, 0) is 19.2 Å². The maximum atomic E-state index is 13.0. The number of aliphatic carboxylic acids is 1.